The van der Waals surface area contributed by atoms with Gasteiger partial charge in [0.25, 0.3) is 0 Å². The molecule has 2 heteroatoms. The first kappa shape index (κ1) is 30.6. The number of hydrogen-bond acceptors (Lipinski definition) is 0. The molecule has 0 saturated carbocycles. The van der Waals surface area contributed by atoms with Gasteiger partial charge in [0.05, 0.1) is 17.6 Å². The maximum Gasteiger partial charge on any atom is 0.189 e. The van der Waals surface area contributed by atoms with E-state index in [0.29, 0.717) is 5.69 Å². The second kappa shape index (κ2) is 12.5. The lowest BCUT2D eigenvalue weighted by Crippen LogP contribution is -1.95. The number of fused-ring (bicyclic) bond motifs is 5. The highest BCUT2D eigenvalue weighted by molar-refractivity contribution is 6.21. The summed E-state index contributed by atoms with van der Waals surface area (Å²) in [7, 11) is 0. The third-order valence-corrected chi connectivity index (χ3v) is 10.6. The Labute approximate surface area is 308 Å². The summed E-state index contributed by atoms with van der Waals surface area (Å²) in [4.78, 5) is 3.95. The van der Waals surface area contributed by atoms with Gasteiger partial charge in [-0.15, -0.1) is 0 Å². The molecule has 1 heterocycles. The molecule has 2 nitrogen and oxygen atoms in total. The van der Waals surface area contributed by atoms with E-state index in [1.807, 2.05) is 12.1 Å². The summed E-state index contributed by atoms with van der Waals surface area (Å²) < 4.78 is 2.29. The topological polar surface area (TPSA) is 9.29 Å². The minimum Gasteiger partial charge on any atom is -0.310 e. The summed E-state index contributed by atoms with van der Waals surface area (Å²) in [6.07, 6.45) is 0. The number of benzene rings is 9. The zero-order chi connectivity index (χ0) is 35.3. The van der Waals surface area contributed by atoms with E-state index < -0.39 is 0 Å². The molecule has 10 aromatic rings. The molecule has 246 valence electrons. The summed E-state index contributed by atoms with van der Waals surface area (Å²) in [5, 5.41) is 7.39. The van der Waals surface area contributed by atoms with E-state index in [2.05, 4.69) is 191 Å². The number of nitrogens with zero attached hydrogens (tertiary/aromatic N) is 2. The Hall–Kier alpha value is -7.21. The maximum absolute atomic E-state index is 8.07. The van der Waals surface area contributed by atoms with Gasteiger partial charge in [-0.2, -0.15) is 0 Å². The van der Waals surface area contributed by atoms with Crippen molar-refractivity contribution >= 4 is 49.0 Å². The van der Waals surface area contributed by atoms with E-state index in [4.69, 9.17) is 6.57 Å². The Bertz CT molecular complexity index is 2940. The largest absolute Gasteiger partial charge is 0.310 e. The van der Waals surface area contributed by atoms with E-state index >= 15 is 0 Å². The average molecular weight is 673 g/mol. The Balaban J connectivity index is 1.12. The summed E-state index contributed by atoms with van der Waals surface area (Å²) in [6, 6.07) is 69.2. The quantitative estimate of drug-likeness (QED) is 0.127. The van der Waals surface area contributed by atoms with Gasteiger partial charge in [-0.3, -0.25) is 0 Å². The number of aromatic nitrogens is 1. The molecule has 0 bridgehead atoms. The first-order chi connectivity index (χ1) is 26.3. The summed E-state index contributed by atoms with van der Waals surface area (Å²) in [5.41, 5.74) is 13.1. The van der Waals surface area contributed by atoms with Crippen LogP contribution in [0.3, 0.4) is 0 Å². The molecule has 53 heavy (non-hydrogen) atoms. The van der Waals surface area contributed by atoms with Gasteiger partial charge in [0.2, 0.25) is 0 Å². The smallest absolute Gasteiger partial charge is 0.189 e. The second-order valence-corrected chi connectivity index (χ2v) is 13.5. The van der Waals surface area contributed by atoms with E-state index in [1.165, 1.54) is 54.6 Å². The normalized spacial score (nSPS) is 11.4. The highest BCUT2D eigenvalue weighted by Crippen LogP contribution is 2.44. The molecule has 0 radical (unpaired) electrons. The molecule has 0 atom stereocenters. The van der Waals surface area contributed by atoms with Gasteiger partial charge < -0.3 is 4.57 Å². The van der Waals surface area contributed by atoms with Crippen LogP contribution in [0.4, 0.5) is 5.69 Å². The maximum atomic E-state index is 8.07. The van der Waals surface area contributed by atoms with Gasteiger partial charge in [0.1, 0.15) is 0 Å². The first-order valence-corrected chi connectivity index (χ1v) is 18.0. The molecule has 0 aliphatic heterocycles. The van der Waals surface area contributed by atoms with Crippen LogP contribution in [0.5, 0.6) is 0 Å². The fraction of sp³-hybridized carbons (Fsp3) is 0. The zero-order valence-corrected chi connectivity index (χ0v) is 28.9. The van der Waals surface area contributed by atoms with Crippen LogP contribution in [0.1, 0.15) is 0 Å². The van der Waals surface area contributed by atoms with E-state index in [1.54, 1.807) is 0 Å². The van der Waals surface area contributed by atoms with E-state index in [0.717, 1.165) is 39.0 Å². The standard InChI is InChI=1S/C51H32N2/c1-52-38-31-37(32-39(33-38)53-48-25-13-11-19-42(48)43-20-12-14-26-49(43)53)41-18-6-5-17-40(41)34-27-29-36(30-28-34)51-46-23-9-7-21-44(46)50(35-15-3-2-4-16-35)45-22-8-10-24-47(45)51/h2-33H. The molecule has 0 aliphatic carbocycles. The molecule has 0 aliphatic rings. The number of para-hydroxylation sites is 2. The number of rotatable bonds is 5. The third kappa shape index (κ3) is 5.02. The molecular weight excluding hydrogens is 641 g/mol. The Morgan fingerprint density at radius 3 is 1.28 bits per heavy atom. The fourth-order valence-electron chi connectivity index (χ4n) is 8.30. The minimum absolute atomic E-state index is 0.613. The monoisotopic (exact) mass is 672 g/mol. The van der Waals surface area contributed by atoms with Crippen molar-refractivity contribution in [3.63, 3.8) is 0 Å². The molecule has 10 rings (SSSR count). The van der Waals surface area contributed by atoms with Crippen LogP contribution in [-0.4, -0.2) is 4.57 Å². The van der Waals surface area contributed by atoms with Gasteiger partial charge >= 0.3 is 0 Å². The van der Waals surface area contributed by atoms with Crippen LogP contribution in [0, 0.1) is 6.57 Å². The van der Waals surface area contributed by atoms with Crippen molar-refractivity contribution in [1.82, 2.24) is 4.57 Å². The molecule has 1 aromatic heterocycles. The van der Waals surface area contributed by atoms with Crippen LogP contribution in [0.2, 0.25) is 0 Å². The van der Waals surface area contributed by atoms with Gasteiger partial charge in [-0.1, -0.05) is 164 Å². The van der Waals surface area contributed by atoms with Crippen LogP contribution >= 0.6 is 0 Å². The average Bonchev–Trinajstić information content (AvgIpc) is 3.57. The predicted octanol–water partition coefficient (Wildman–Crippen LogP) is 14.3. The zero-order valence-electron chi connectivity index (χ0n) is 28.9. The van der Waals surface area contributed by atoms with Crippen molar-refractivity contribution in [1.29, 1.82) is 0 Å². The Morgan fingerprint density at radius 2 is 0.755 bits per heavy atom. The highest BCUT2D eigenvalue weighted by Gasteiger charge is 2.18. The first-order valence-electron chi connectivity index (χ1n) is 18.0. The van der Waals surface area contributed by atoms with Crippen molar-refractivity contribution in [3.8, 4) is 50.2 Å². The van der Waals surface area contributed by atoms with Gasteiger partial charge in [-0.25, -0.2) is 4.85 Å². The van der Waals surface area contributed by atoms with Crippen molar-refractivity contribution in [2.45, 2.75) is 0 Å². The van der Waals surface area contributed by atoms with Gasteiger partial charge in [0, 0.05) is 16.5 Å². The van der Waals surface area contributed by atoms with Crippen LogP contribution in [-0.2, 0) is 0 Å². The molecule has 0 amide bonds. The van der Waals surface area contributed by atoms with Crippen molar-refractivity contribution in [2.75, 3.05) is 0 Å². The third-order valence-electron chi connectivity index (χ3n) is 10.6. The van der Waals surface area contributed by atoms with Crippen molar-refractivity contribution in [2.24, 2.45) is 0 Å². The lowest BCUT2D eigenvalue weighted by molar-refractivity contribution is 1.18. The lowest BCUT2D eigenvalue weighted by atomic mass is 9.85. The second-order valence-electron chi connectivity index (χ2n) is 13.5. The fourth-order valence-corrected chi connectivity index (χ4v) is 8.30. The molecular formula is C51H32N2. The molecule has 0 spiro atoms. The molecule has 9 aromatic carbocycles. The van der Waals surface area contributed by atoms with Gasteiger partial charge in [-0.05, 0) is 96.4 Å². The molecule has 0 saturated heterocycles. The molecule has 0 unspecified atom stereocenters. The summed E-state index contributed by atoms with van der Waals surface area (Å²) in [5.74, 6) is 0. The summed E-state index contributed by atoms with van der Waals surface area (Å²) in [6.45, 7) is 8.07. The Kier molecular flexibility index (Phi) is 7.23. The predicted molar refractivity (Wildman–Crippen MR) is 224 cm³/mol. The molecule has 0 fully saturated rings. The Morgan fingerprint density at radius 1 is 0.340 bits per heavy atom. The molecule has 0 N–H and O–H groups in total. The highest BCUT2D eigenvalue weighted by atomic mass is 15.0. The summed E-state index contributed by atoms with van der Waals surface area (Å²) >= 11 is 0. The minimum atomic E-state index is 0.613. The van der Waals surface area contributed by atoms with Crippen LogP contribution in [0.15, 0.2) is 194 Å². The van der Waals surface area contributed by atoms with E-state index in [-0.39, 0.29) is 0 Å². The SMILES string of the molecule is [C-]#[N+]c1cc(-c2ccccc2-c2ccc(-c3c4ccccc4c(-c4ccccc4)c4ccccc34)cc2)cc(-n2c3ccccc3c3ccccc32)c1. The number of hydrogen-bond donors (Lipinski definition) is 0. The van der Waals surface area contributed by atoms with Crippen molar-refractivity contribution < 1.29 is 0 Å². The van der Waals surface area contributed by atoms with E-state index in [9.17, 15) is 0 Å². The van der Waals surface area contributed by atoms with Crippen LogP contribution in [0.25, 0.3) is 98.4 Å². The lowest BCUT2D eigenvalue weighted by Gasteiger charge is -2.18. The van der Waals surface area contributed by atoms with Crippen molar-refractivity contribution in [3.05, 3.63) is 206 Å². The van der Waals surface area contributed by atoms with Crippen LogP contribution < -0.4 is 0 Å². The van der Waals surface area contributed by atoms with Gasteiger partial charge in [0.15, 0.2) is 5.69 Å².